The number of benzene rings is 5. The summed E-state index contributed by atoms with van der Waals surface area (Å²) in [5, 5.41) is 0.306. The lowest BCUT2D eigenvalue weighted by atomic mass is 10.1. The lowest BCUT2D eigenvalue weighted by Gasteiger charge is -2.35. The van der Waals surface area contributed by atoms with Gasteiger partial charge in [-0.15, -0.1) is 0 Å². The SMILES string of the molecule is COc1c(OCc2ccccc2)cc(OCc2ccccc2)c2c(=O)cc(-c3ccc(N(C)CCN4CCN(Cc5ccccc5)CC4)cc3)oc12. The van der Waals surface area contributed by atoms with Crippen LogP contribution >= 0.6 is 0 Å². The van der Waals surface area contributed by atoms with E-state index < -0.39 is 0 Å². The van der Waals surface area contributed by atoms with Gasteiger partial charge in [0.15, 0.2) is 16.8 Å². The van der Waals surface area contributed by atoms with Crippen molar-refractivity contribution < 1.29 is 18.6 Å². The third kappa shape index (κ3) is 8.48. The van der Waals surface area contributed by atoms with Crippen LogP contribution in [0.2, 0.25) is 0 Å². The van der Waals surface area contributed by atoms with Gasteiger partial charge < -0.3 is 23.5 Å². The van der Waals surface area contributed by atoms with E-state index >= 15 is 0 Å². The first-order valence-electron chi connectivity index (χ1n) is 17.9. The molecule has 0 saturated carbocycles. The Labute approximate surface area is 305 Å². The third-order valence-corrected chi connectivity index (χ3v) is 9.62. The third-order valence-electron chi connectivity index (χ3n) is 9.62. The van der Waals surface area contributed by atoms with Gasteiger partial charge >= 0.3 is 0 Å². The zero-order valence-corrected chi connectivity index (χ0v) is 29.9. The van der Waals surface area contributed by atoms with Crippen LogP contribution in [-0.4, -0.2) is 63.2 Å². The molecule has 0 spiro atoms. The number of ether oxygens (including phenoxy) is 3. The first-order chi connectivity index (χ1) is 25.5. The fourth-order valence-corrected chi connectivity index (χ4v) is 6.60. The van der Waals surface area contributed by atoms with E-state index in [1.165, 1.54) is 11.6 Å². The number of methoxy groups -OCH3 is 1. The number of piperazine rings is 1. The summed E-state index contributed by atoms with van der Waals surface area (Å²) >= 11 is 0. The highest BCUT2D eigenvalue weighted by Gasteiger charge is 2.22. The van der Waals surface area contributed by atoms with Crippen molar-refractivity contribution in [1.82, 2.24) is 9.80 Å². The minimum atomic E-state index is -0.225. The van der Waals surface area contributed by atoms with E-state index in [2.05, 4.69) is 64.2 Å². The van der Waals surface area contributed by atoms with Gasteiger partial charge in [-0.25, -0.2) is 0 Å². The van der Waals surface area contributed by atoms with Crippen molar-refractivity contribution in [2.24, 2.45) is 0 Å². The molecule has 1 fully saturated rings. The van der Waals surface area contributed by atoms with E-state index in [9.17, 15) is 4.79 Å². The molecule has 0 unspecified atom stereocenters. The van der Waals surface area contributed by atoms with Gasteiger partial charge in [-0.05, 0) is 41.0 Å². The van der Waals surface area contributed by atoms with E-state index in [0.29, 0.717) is 35.0 Å². The van der Waals surface area contributed by atoms with E-state index in [-0.39, 0.29) is 17.6 Å². The summed E-state index contributed by atoms with van der Waals surface area (Å²) in [5.41, 5.74) is 5.29. The van der Waals surface area contributed by atoms with Crippen molar-refractivity contribution in [2.45, 2.75) is 19.8 Å². The molecule has 1 saturated heterocycles. The van der Waals surface area contributed by atoms with Crippen molar-refractivity contribution in [2.75, 3.05) is 58.3 Å². The van der Waals surface area contributed by atoms with Gasteiger partial charge in [0.25, 0.3) is 0 Å². The highest BCUT2D eigenvalue weighted by atomic mass is 16.5. The van der Waals surface area contributed by atoms with Crippen LogP contribution in [0.25, 0.3) is 22.3 Å². The number of hydrogen-bond acceptors (Lipinski definition) is 8. The quantitative estimate of drug-likeness (QED) is 0.114. The highest BCUT2D eigenvalue weighted by Crippen LogP contribution is 2.42. The minimum absolute atomic E-state index is 0.225. The Kier molecular flexibility index (Phi) is 11.1. The van der Waals surface area contributed by atoms with Crippen LogP contribution in [0.15, 0.2) is 137 Å². The number of likely N-dealkylation sites (N-methyl/N-ethyl adjacent to an activating group) is 1. The van der Waals surface area contributed by atoms with Gasteiger partial charge in [0.1, 0.15) is 30.1 Å². The molecule has 1 aliphatic heterocycles. The lowest BCUT2D eigenvalue weighted by molar-refractivity contribution is 0.129. The number of fused-ring (bicyclic) bond motifs is 1. The molecule has 7 rings (SSSR count). The molecule has 0 N–H and O–H groups in total. The second-order valence-corrected chi connectivity index (χ2v) is 13.2. The Balaban J connectivity index is 1.07. The predicted octanol–water partition coefficient (Wildman–Crippen LogP) is 7.88. The fourth-order valence-electron chi connectivity index (χ4n) is 6.60. The topological polar surface area (TPSA) is 67.6 Å². The van der Waals surface area contributed by atoms with Crippen LogP contribution in [0.5, 0.6) is 17.2 Å². The summed E-state index contributed by atoms with van der Waals surface area (Å²) in [6.45, 7) is 7.82. The number of anilines is 1. The molecule has 0 aliphatic carbocycles. The van der Waals surface area contributed by atoms with Crippen molar-refractivity contribution >= 4 is 16.7 Å². The molecular formula is C44H45N3O5. The largest absolute Gasteiger partial charge is 0.490 e. The fraction of sp³-hybridized carbons (Fsp3) is 0.250. The molecule has 5 aromatic carbocycles. The minimum Gasteiger partial charge on any atom is -0.490 e. The van der Waals surface area contributed by atoms with Crippen LogP contribution in [0.4, 0.5) is 5.69 Å². The van der Waals surface area contributed by atoms with Crippen molar-refractivity contribution in [3.8, 4) is 28.6 Å². The summed E-state index contributed by atoms with van der Waals surface area (Å²) in [5.74, 6) is 1.58. The first kappa shape index (κ1) is 34.9. The summed E-state index contributed by atoms with van der Waals surface area (Å²) in [6, 6.07) is 41.8. The monoisotopic (exact) mass is 695 g/mol. The Morgan fingerprint density at radius 3 is 1.83 bits per heavy atom. The normalized spacial score (nSPS) is 13.6. The van der Waals surface area contributed by atoms with E-state index in [1.54, 1.807) is 13.2 Å². The van der Waals surface area contributed by atoms with Crippen LogP contribution < -0.4 is 24.5 Å². The lowest BCUT2D eigenvalue weighted by Crippen LogP contribution is -2.47. The second kappa shape index (κ2) is 16.6. The van der Waals surface area contributed by atoms with Gasteiger partial charge in [-0.2, -0.15) is 0 Å². The molecule has 1 aromatic heterocycles. The molecule has 2 heterocycles. The number of nitrogens with zero attached hydrogens (tertiary/aromatic N) is 3. The second-order valence-electron chi connectivity index (χ2n) is 13.2. The Bertz CT molecular complexity index is 2100. The van der Waals surface area contributed by atoms with Crippen LogP contribution in [0.3, 0.4) is 0 Å². The molecule has 52 heavy (non-hydrogen) atoms. The van der Waals surface area contributed by atoms with Crippen molar-refractivity contribution in [3.05, 3.63) is 154 Å². The predicted molar refractivity (Wildman–Crippen MR) is 207 cm³/mol. The Morgan fingerprint density at radius 1 is 0.673 bits per heavy atom. The molecule has 1 aliphatic rings. The maximum atomic E-state index is 13.8. The average molecular weight is 696 g/mol. The molecule has 6 aromatic rings. The first-order valence-corrected chi connectivity index (χ1v) is 17.9. The highest BCUT2D eigenvalue weighted by molar-refractivity contribution is 5.92. The molecular weight excluding hydrogens is 650 g/mol. The summed E-state index contributed by atoms with van der Waals surface area (Å²) in [7, 11) is 3.67. The molecule has 8 heteroatoms. The van der Waals surface area contributed by atoms with Gasteiger partial charge in [-0.3, -0.25) is 14.6 Å². The Hall–Kier alpha value is -5.57. The number of rotatable bonds is 14. The number of hydrogen-bond donors (Lipinski definition) is 0. The summed E-state index contributed by atoms with van der Waals surface area (Å²) in [4.78, 5) is 21.2. The smallest absolute Gasteiger partial charge is 0.205 e. The van der Waals surface area contributed by atoms with Gasteiger partial charge in [0, 0.05) is 76.2 Å². The van der Waals surface area contributed by atoms with Crippen LogP contribution in [0.1, 0.15) is 16.7 Å². The average Bonchev–Trinajstić information content (AvgIpc) is 3.19. The van der Waals surface area contributed by atoms with Gasteiger partial charge in [0.2, 0.25) is 5.75 Å². The molecule has 0 amide bonds. The van der Waals surface area contributed by atoms with E-state index in [0.717, 1.165) is 68.2 Å². The van der Waals surface area contributed by atoms with Crippen molar-refractivity contribution in [1.29, 1.82) is 0 Å². The maximum absolute atomic E-state index is 13.8. The van der Waals surface area contributed by atoms with E-state index in [4.69, 9.17) is 18.6 Å². The van der Waals surface area contributed by atoms with Gasteiger partial charge in [-0.1, -0.05) is 91.0 Å². The van der Waals surface area contributed by atoms with Crippen LogP contribution in [-0.2, 0) is 19.8 Å². The van der Waals surface area contributed by atoms with Crippen molar-refractivity contribution in [3.63, 3.8) is 0 Å². The zero-order valence-electron chi connectivity index (χ0n) is 29.9. The standard InChI is InChI=1S/C44H45N3O5/c1-45(22-23-46-24-26-47(27-25-46)30-33-12-6-3-7-13-33)37-20-18-36(19-21-37)39-28-38(48)42-40(50-31-34-14-8-4-9-15-34)29-41(43(49-2)44(42)52-39)51-32-35-16-10-5-11-17-35/h3-21,28-29H,22-27,30-32H2,1-2H3. The molecule has 0 bridgehead atoms. The maximum Gasteiger partial charge on any atom is 0.205 e. The zero-order chi connectivity index (χ0) is 35.7. The summed E-state index contributed by atoms with van der Waals surface area (Å²) in [6.07, 6.45) is 0. The van der Waals surface area contributed by atoms with Crippen LogP contribution in [0, 0.1) is 0 Å². The Morgan fingerprint density at radius 2 is 1.23 bits per heavy atom. The molecule has 0 atom stereocenters. The molecule has 8 nitrogen and oxygen atoms in total. The van der Waals surface area contributed by atoms with E-state index in [1.807, 2.05) is 72.8 Å². The van der Waals surface area contributed by atoms with Gasteiger partial charge in [0.05, 0.1) is 7.11 Å². The molecule has 266 valence electrons. The summed E-state index contributed by atoms with van der Waals surface area (Å²) < 4.78 is 24.9. The molecule has 0 radical (unpaired) electrons.